The molecule has 2 N–H and O–H groups in total. The second-order valence-corrected chi connectivity index (χ2v) is 5.94. The second-order valence-electron chi connectivity index (χ2n) is 5.02. The average molecular weight is 313 g/mol. The van der Waals surface area contributed by atoms with E-state index in [1.807, 2.05) is 0 Å². The molecule has 1 saturated heterocycles. The van der Waals surface area contributed by atoms with Crippen LogP contribution in [0.2, 0.25) is 0 Å². The zero-order chi connectivity index (χ0) is 13.0. The molecule has 1 heterocycles. The molecule has 18 heavy (non-hydrogen) atoms. The lowest BCUT2D eigenvalue weighted by Gasteiger charge is -2.27. The molecule has 100 valence electrons. The molecule has 0 radical (unpaired) electrons. The van der Waals surface area contributed by atoms with Crippen molar-refractivity contribution in [2.24, 2.45) is 0 Å². The first-order chi connectivity index (χ1) is 8.63. The number of nitrogens with one attached hydrogen (secondary N) is 2. The van der Waals surface area contributed by atoms with Crippen LogP contribution in [0.5, 0.6) is 0 Å². The van der Waals surface area contributed by atoms with Crippen LogP contribution in [0.15, 0.2) is 22.7 Å². The third kappa shape index (κ3) is 4.26. The normalized spacial score (nSPS) is 21.6. The van der Waals surface area contributed by atoms with Crippen LogP contribution in [0.25, 0.3) is 0 Å². The third-order valence-electron chi connectivity index (χ3n) is 3.09. The molecule has 0 amide bonds. The highest BCUT2D eigenvalue weighted by Crippen LogP contribution is 2.20. The van der Waals surface area contributed by atoms with E-state index in [0.29, 0.717) is 12.1 Å². The average Bonchev–Trinajstić information content (AvgIpc) is 2.28. The predicted molar refractivity (Wildman–Crippen MR) is 79.2 cm³/mol. The van der Waals surface area contributed by atoms with Gasteiger partial charge in [-0.15, -0.1) is 0 Å². The maximum atomic E-state index is 5.47. The SMILES string of the molecule is Cc1cc(Br)cc(NC(C)CC2COCCN2)c1. The van der Waals surface area contributed by atoms with Crippen molar-refractivity contribution in [2.75, 3.05) is 25.1 Å². The number of morpholine rings is 1. The molecule has 1 aromatic carbocycles. The van der Waals surface area contributed by atoms with E-state index in [2.05, 4.69) is 58.6 Å². The van der Waals surface area contributed by atoms with Crippen molar-refractivity contribution in [3.05, 3.63) is 28.2 Å². The highest BCUT2D eigenvalue weighted by Gasteiger charge is 2.16. The summed E-state index contributed by atoms with van der Waals surface area (Å²) in [7, 11) is 0. The molecule has 3 nitrogen and oxygen atoms in total. The Morgan fingerprint density at radius 2 is 2.33 bits per heavy atom. The van der Waals surface area contributed by atoms with Crippen molar-refractivity contribution in [3.63, 3.8) is 0 Å². The number of rotatable bonds is 4. The first-order valence-electron chi connectivity index (χ1n) is 6.48. The third-order valence-corrected chi connectivity index (χ3v) is 3.55. The Balaban J connectivity index is 1.87. The van der Waals surface area contributed by atoms with E-state index in [1.54, 1.807) is 0 Å². The van der Waals surface area contributed by atoms with E-state index in [4.69, 9.17) is 4.74 Å². The van der Waals surface area contributed by atoms with Gasteiger partial charge in [0.05, 0.1) is 13.2 Å². The highest BCUT2D eigenvalue weighted by molar-refractivity contribution is 9.10. The molecule has 1 fully saturated rings. The van der Waals surface area contributed by atoms with Crippen LogP contribution < -0.4 is 10.6 Å². The maximum absolute atomic E-state index is 5.47. The van der Waals surface area contributed by atoms with E-state index in [9.17, 15) is 0 Å². The molecule has 0 aromatic heterocycles. The molecular formula is C14H21BrN2O. The van der Waals surface area contributed by atoms with Gasteiger partial charge in [-0.2, -0.15) is 0 Å². The molecule has 0 saturated carbocycles. The van der Waals surface area contributed by atoms with E-state index < -0.39 is 0 Å². The first kappa shape index (κ1) is 13.8. The highest BCUT2D eigenvalue weighted by atomic mass is 79.9. The summed E-state index contributed by atoms with van der Waals surface area (Å²) in [5, 5.41) is 7.03. The van der Waals surface area contributed by atoms with E-state index in [0.717, 1.165) is 30.7 Å². The molecule has 2 rings (SSSR count). The van der Waals surface area contributed by atoms with Crippen molar-refractivity contribution >= 4 is 21.6 Å². The molecule has 0 bridgehead atoms. The topological polar surface area (TPSA) is 33.3 Å². The van der Waals surface area contributed by atoms with Crippen molar-refractivity contribution in [1.82, 2.24) is 5.32 Å². The van der Waals surface area contributed by atoms with Crippen LogP contribution in [-0.4, -0.2) is 31.8 Å². The number of hydrogen-bond donors (Lipinski definition) is 2. The van der Waals surface area contributed by atoms with Crippen molar-refractivity contribution in [2.45, 2.75) is 32.4 Å². The number of anilines is 1. The summed E-state index contributed by atoms with van der Waals surface area (Å²) >= 11 is 3.53. The Bertz CT molecular complexity index is 371. The minimum absolute atomic E-state index is 0.429. The summed E-state index contributed by atoms with van der Waals surface area (Å²) in [4.78, 5) is 0. The largest absolute Gasteiger partial charge is 0.382 e. The number of aryl methyl sites for hydroxylation is 1. The molecule has 0 aliphatic carbocycles. The van der Waals surface area contributed by atoms with Crippen LogP contribution >= 0.6 is 15.9 Å². The summed E-state index contributed by atoms with van der Waals surface area (Å²) in [6.07, 6.45) is 1.07. The minimum Gasteiger partial charge on any atom is -0.382 e. The van der Waals surface area contributed by atoms with E-state index in [-0.39, 0.29) is 0 Å². The van der Waals surface area contributed by atoms with Crippen molar-refractivity contribution < 1.29 is 4.74 Å². The number of hydrogen-bond acceptors (Lipinski definition) is 3. The van der Waals surface area contributed by atoms with Gasteiger partial charge in [-0.3, -0.25) is 0 Å². The van der Waals surface area contributed by atoms with Gasteiger partial charge < -0.3 is 15.4 Å². The molecule has 1 aliphatic heterocycles. The van der Waals surface area contributed by atoms with Gasteiger partial charge in [0.15, 0.2) is 0 Å². The van der Waals surface area contributed by atoms with Gasteiger partial charge in [-0.25, -0.2) is 0 Å². The van der Waals surface area contributed by atoms with Gasteiger partial charge in [0.25, 0.3) is 0 Å². The Labute approximate surface area is 117 Å². The van der Waals surface area contributed by atoms with E-state index in [1.165, 1.54) is 11.3 Å². The lowest BCUT2D eigenvalue weighted by Crippen LogP contribution is -2.43. The standard InChI is InChI=1S/C14H21BrN2O/c1-10-5-12(15)8-13(6-10)17-11(2)7-14-9-18-4-3-16-14/h5-6,8,11,14,16-17H,3-4,7,9H2,1-2H3. The predicted octanol–water partition coefficient (Wildman–Crippen LogP) is 2.94. The monoisotopic (exact) mass is 312 g/mol. The molecule has 1 aliphatic rings. The van der Waals surface area contributed by atoms with Crippen LogP contribution in [0.4, 0.5) is 5.69 Å². The smallest absolute Gasteiger partial charge is 0.0621 e. The molecule has 0 spiro atoms. The summed E-state index contributed by atoms with van der Waals surface area (Å²) in [6, 6.07) is 7.31. The van der Waals surface area contributed by atoms with Gasteiger partial charge >= 0.3 is 0 Å². The van der Waals surface area contributed by atoms with Gasteiger partial charge in [-0.1, -0.05) is 15.9 Å². The second kappa shape index (κ2) is 6.55. The van der Waals surface area contributed by atoms with Crippen LogP contribution in [-0.2, 0) is 4.74 Å². The number of ether oxygens (including phenoxy) is 1. The minimum atomic E-state index is 0.429. The Kier molecular flexibility index (Phi) is 5.03. The van der Waals surface area contributed by atoms with Crippen molar-refractivity contribution in [3.8, 4) is 0 Å². The Morgan fingerprint density at radius 3 is 3.00 bits per heavy atom. The summed E-state index contributed by atoms with van der Waals surface area (Å²) in [5.74, 6) is 0. The quantitative estimate of drug-likeness (QED) is 0.897. The van der Waals surface area contributed by atoms with Crippen molar-refractivity contribution in [1.29, 1.82) is 0 Å². The van der Waals surface area contributed by atoms with Crippen LogP contribution in [0.1, 0.15) is 18.9 Å². The molecule has 2 unspecified atom stereocenters. The fourth-order valence-corrected chi connectivity index (χ4v) is 2.97. The fourth-order valence-electron chi connectivity index (χ4n) is 2.36. The van der Waals surface area contributed by atoms with Crippen LogP contribution in [0, 0.1) is 6.92 Å². The molecular weight excluding hydrogens is 292 g/mol. The number of halogens is 1. The van der Waals surface area contributed by atoms with Gasteiger partial charge in [-0.05, 0) is 44.0 Å². The van der Waals surface area contributed by atoms with Gasteiger partial charge in [0.2, 0.25) is 0 Å². The Morgan fingerprint density at radius 1 is 1.50 bits per heavy atom. The zero-order valence-corrected chi connectivity index (χ0v) is 12.6. The lowest BCUT2D eigenvalue weighted by atomic mass is 10.1. The number of benzene rings is 1. The maximum Gasteiger partial charge on any atom is 0.0621 e. The summed E-state index contributed by atoms with van der Waals surface area (Å²) < 4.78 is 6.60. The van der Waals surface area contributed by atoms with E-state index >= 15 is 0 Å². The van der Waals surface area contributed by atoms with Crippen LogP contribution in [0.3, 0.4) is 0 Å². The molecule has 1 aromatic rings. The zero-order valence-electron chi connectivity index (χ0n) is 11.0. The fraction of sp³-hybridized carbons (Fsp3) is 0.571. The lowest BCUT2D eigenvalue weighted by molar-refractivity contribution is 0.0731. The summed E-state index contributed by atoms with van der Waals surface area (Å²) in [5.41, 5.74) is 2.43. The van der Waals surface area contributed by atoms with Gasteiger partial charge in [0.1, 0.15) is 0 Å². The summed E-state index contributed by atoms with van der Waals surface area (Å²) in [6.45, 7) is 6.95. The molecule has 2 atom stereocenters. The molecule has 4 heteroatoms. The van der Waals surface area contributed by atoms with Gasteiger partial charge in [0, 0.05) is 28.8 Å². The first-order valence-corrected chi connectivity index (χ1v) is 7.27. The Hall–Kier alpha value is -0.580.